The molecule has 0 saturated carbocycles. The zero-order valence-electron chi connectivity index (χ0n) is 24.9. The van der Waals surface area contributed by atoms with E-state index in [-0.39, 0.29) is 0 Å². The summed E-state index contributed by atoms with van der Waals surface area (Å²) in [5.41, 5.74) is 0. The molecule has 1 unspecified atom stereocenters. The molecule has 0 saturated heterocycles. The first-order valence-electron chi connectivity index (χ1n) is 15.7. The van der Waals surface area contributed by atoms with Crippen molar-refractivity contribution in [2.24, 2.45) is 0 Å². The molecule has 0 aromatic heterocycles. The molecule has 0 bridgehead atoms. The van der Waals surface area contributed by atoms with Gasteiger partial charge in [0.1, 0.15) is 0 Å². The molecule has 4 nitrogen and oxygen atoms in total. The second-order valence-corrected chi connectivity index (χ2v) is 10.4. The van der Waals surface area contributed by atoms with Gasteiger partial charge < -0.3 is 10.4 Å². The van der Waals surface area contributed by atoms with Gasteiger partial charge in [-0.2, -0.15) is 0 Å². The average Bonchev–Trinajstić information content (AvgIpc) is 2.85. The molecular weight excluding hydrogens is 432 g/mol. The maximum atomic E-state index is 10.4. The number of aliphatic carboxylic acids is 1. The molecule has 2 N–H and O–H groups in total. The van der Waals surface area contributed by atoms with Gasteiger partial charge in [0.2, 0.25) is 0 Å². The van der Waals surface area contributed by atoms with Gasteiger partial charge in [-0.3, -0.25) is 9.69 Å². The van der Waals surface area contributed by atoms with Crippen molar-refractivity contribution in [3.8, 4) is 0 Å². The van der Waals surface area contributed by atoms with Gasteiger partial charge in [0, 0.05) is 6.42 Å². The van der Waals surface area contributed by atoms with E-state index in [0.717, 1.165) is 32.5 Å². The molecule has 0 aliphatic carbocycles. The van der Waals surface area contributed by atoms with Crippen LogP contribution in [0.4, 0.5) is 0 Å². The lowest BCUT2D eigenvalue weighted by Gasteiger charge is -2.27. The topological polar surface area (TPSA) is 52.6 Å². The maximum Gasteiger partial charge on any atom is 0.303 e. The second kappa shape index (κ2) is 31.4. The summed E-state index contributed by atoms with van der Waals surface area (Å²) >= 11 is 0. The van der Waals surface area contributed by atoms with Crippen LogP contribution in [0.2, 0.25) is 0 Å². The third kappa shape index (κ3) is 31.4. The van der Waals surface area contributed by atoms with Crippen LogP contribution in [-0.2, 0) is 4.79 Å². The van der Waals surface area contributed by atoms with E-state index in [1.165, 1.54) is 116 Å². The van der Waals surface area contributed by atoms with E-state index in [9.17, 15) is 4.79 Å². The lowest BCUT2D eigenvalue weighted by molar-refractivity contribution is -0.137. The zero-order valence-corrected chi connectivity index (χ0v) is 24.9. The molecule has 0 heterocycles. The van der Waals surface area contributed by atoms with Gasteiger partial charge in [0.05, 0.1) is 6.17 Å². The van der Waals surface area contributed by atoms with Crippen LogP contribution in [0, 0.1) is 0 Å². The lowest BCUT2D eigenvalue weighted by Crippen LogP contribution is -2.43. The molecule has 0 radical (unpaired) electrons. The summed E-state index contributed by atoms with van der Waals surface area (Å²) < 4.78 is 0. The van der Waals surface area contributed by atoms with Gasteiger partial charge in [-0.25, -0.2) is 0 Å². The fraction of sp³-hybridized carbons (Fsp3) is 0.968. The Hall–Kier alpha value is -0.610. The Bertz CT molecular complexity index is 399. The monoisotopic (exact) mass is 499 g/mol. The first-order chi connectivity index (χ1) is 17.0. The minimum Gasteiger partial charge on any atom is -0.481 e. The van der Waals surface area contributed by atoms with Gasteiger partial charge in [-0.15, -0.1) is 0 Å². The van der Waals surface area contributed by atoms with Crippen LogP contribution in [-0.4, -0.2) is 41.8 Å². The molecule has 212 valence electrons. The Kier molecular flexibility index (Phi) is 32.8. The van der Waals surface area contributed by atoms with E-state index in [4.69, 9.17) is 5.11 Å². The van der Waals surface area contributed by atoms with E-state index < -0.39 is 5.97 Å². The standard InChI is InChI=1S/C20H40O2.C11H26N2/c1-2-3-4-5-6-7-8-9-10-11-12-13-14-15-16-17-18-19-20(21)22;1-5-8-9-10-12-11(4)13(6-2)7-3/h2-19H2,1H3,(H,21,22);11-12H,5-10H2,1-4H3. The molecule has 0 fully saturated rings. The first kappa shape index (κ1) is 36.5. The smallest absolute Gasteiger partial charge is 0.303 e. The molecule has 0 aromatic carbocycles. The summed E-state index contributed by atoms with van der Waals surface area (Å²) in [6, 6.07) is 0. The number of hydrogen-bond acceptors (Lipinski definition) is 3. The second-order valence-electron chi connectivity index (χ2n) is 10.4. The van der Waals surface area contributed by atoms with Gasteiger partial charge in [-0.1, -0.05) is 143 Å². The van der Waals surface area contributed by atoms with E-state index >= 15 is 0 Å². The quantitative estimate of drug-likeness (QED) is 0.0920. The van der Waals surface area contributed by atoms with Crippen molar-refractivity contribution in [2.75, 3.05) is 19.6 Å². The van der Waals surface area contributed by atoms with Crippen LogP contribution in [0.3, 0.4) is 0 Å². The molecule has 0 aromatic rings. The number of unbranched alkanes of at least 4 members (excludes halogenated alkanes) is 18. The van der Waals surface area contributed by atoms with Crippen molar-refractivity contribution in [3.63, 3.8) is 0 Å². The number of nitrogens with zero attached hydrogens (tertiary/aromatic N) is 1. The third-order valence-corrected chi connectivity index (χ3v) is 7.07. The van der Waals surface area contributed by atoms with Crippen molar-refractivity contribution in [2.45, 2.75) is 176 Å². The largest absolute Gasteiger partial charge is 0.481 e. The fourth-order valence-corrected chi connectivity index (χ4v) is 4.59. The summed E-state index contributed by atoms with van der Waals surface area (Å²) in [7, 11) is 0. The van der Waals surface area contributed by atoms with E-state index in [0.29, 0.717) is 12.6 Å². The predicted molar refractivity (Wildman–Crippen MR) is 156 cm³/mol. The van der Waals surface area contributed by atoms with Crippen LogP contribution in [0.1, 0.15) is 169 Å². The highest BCUT2D eigenvalue weighted by atomic mass is 16.4. The average molecular weight is 499 g/mol. The highest BCUT2D eigenvalue weighted by Gasteiger charge is 2.07. The van der Waals surface area contributed by atoms with E-state index in [2.05, 4.69) is 44.8 Å². The highest BCUT2D eigenvalue weighted by molar-refractivity contribution is 5.66. The Morgan fingerprint density at radius 3 is 1.29 bits per heavy atom. The summed E-state index contributed by atoms with van der Waals surface area (Å²) in [4.78, 5) is 12.8. The van der Waals surface area contributed by atoms with Crippen LogP contribution in [0.5, 0.6) is 0 Å². The molecule has 1 atom stereocenters. The zero-order chi connectivity index (χ0) is 26.4. The Labute approximate surface area is 221 Å². The molecule has 35 heavy (non-hydrogen) atoms. The molecule has 0 aliphatic heterocycles. The fourth-order valence-electron chi connectivity index (χ4n) is 4.59. The van der Waals surface area contributed by atoms with Crippen LogP contribution >= 0.6 is 0 Å². The van der Waals surface area contributed by atoms with Gasteiger partial charge >= 0.3 is 5.97 Å². The Balaban J connectivity index is 0. The maximum absolute atomic E-state index is 10.4. The van der Waals surface area contributed by atoms with E-state index in [1.807, 2.05) is 0 Å². The minimum absolute atomic E-state index is 0.346. The number of rotatable bonds is 26. The van der Waals surface area contributed by atoms with Crippen LogP contribution < -0.4 is 5.32 Å². The van der Waals surface area contributed by atoms with Crippen LogP contribution in [0.25, 0.3) is 0 Å². The van der Waals surface area contributed by atoms with Crippen molar-refractivity contribution in [3.05, 3.63) is 0 Å². The van der Waals surface area contributed by atoms with Crippen molar-refractivity contribution in [1.29, 1.82) is 0 Å². The summed E-state index contributed by atoms with van der Waals surface area (Å²) in [5.74, 6) is -0.652. The van der Waals surface area contributed by atoms with Crippen LogP contribution in [0.15, 0.2) is 0 Å². The highest BCUT2D eigenvalue weighted by Crippen LogP contribution is 2.14. The van der Waals surface area contributed by atoms with Crippen molar-refractivity contribution >= 4 is 5.97 Å². The summed E-state index contributed by atoms with van der Waals surface area (Å²) in [6.07, 6.45) is 27.6. The first-order valence-corrected chi connectivity index (χ1v) is 15.7. The molecule has 0 aliphatic rings. The number of nitrogens with one attached hydrogen (secondary N) is 1. The molecular formula is C31H66N2O2. The lowest BCUT2D eigenvalue weighted by atomic mass is 10.0. The molecule has 4 heteroatoms. The number of carboxylic acid groups (broad SMARTS) is 1. The van der Waals surface area contributed by atoms with Gasteiger partial charge in [-0.05, 0) is 39.4 Å². The minimum atomic E-state index is -0.652. The molecule has 0 spiro atoms. The SMILES string of the molecule is CCCCCCCCCCCCCCCCCCCC(=O)O.CCCCCNC(C)N(CC)CC. The molecule has 0 amide bonds. The van der Waals surface area contributed by atoms with Crippen molar-refractivity contribution < 1.29 is 9.90 Å². The van der Waals surface area contributed by atoms with E-state index in [1.54, 1.807) is 0 Å². The summed E-state index contributed by atoms with van der Waals surface area (Å²) in [6.45, 7) is 14.6. The predicted octanol–water partition coefficient (Wildman–Crippen LogP) is 9.57. The number of carboxylic acids is 1. The van der Waals surface area contributed by atoms with Crippen molar-refractivity contribution in [1.82, 2.24) is 10.2 Å². The molecule has 0 rings (SSSR count). The number of carbonyl (C=O) groups is 1. The Morgan fingerprint density at radius 1 is 0.600 bits per heavy atom. The summed E-state index contributed by atoms with van der Waals surface area (Å²) in [5, 5.41) is 12.1. The number of hydrogen-bond donors (Lipinski definition) is 2. The van der Waals surface area contributed by atoms with Gasteiger partial charge in [0.25, 0.3) is 0 Å². The normalized spacial score (nSPS) is 11.9. The third-order valence-electron chi connectivity index (χ3n) is 7.07. The van der Waals surface area contributed by atoms with Gasteiger partial charge in [0.15, 0.2) is 0 Å². The Morgan fingerprint density at radius 2 is 0.943 bits per heavy atom.